The van der Waals surface area contributed by atoms with Gasteiger partial charge in [-0.1, -0.05) is 72.6 Å². The van der Waals surface area contributed by atoms with Crippen LogP contribution < -0.4 is 0 Å². The molecule has 0 amide bonds. The van der Waals surface area contributed by atoms with Gasteiger partial charge < -0.3 is 5.11 Å². The van der Waals surface area contributed by atoms with E-state index in [1.54, 1.807) is 6.07 Å². The van der Waals surface area contributed by atoms with Crippen LogP contribution in [0.5, 0.6) is 0 Å². The van der Waals surface area contributed by atoms with Gasteiger partial charge in [-0.05, 0) is 41.2 Å². The van der Waals surface area contributed by atoms with Crippen LogP contribution in [-0.4, -0.2) is 5.11 Å². The van der Waals surface area contributed by atoms with Crippen molar-refractivity contribution < 1.29 is 5.11 Å². The molecular weight excluding hydrogens is 348 g/mol. The normalized spacial score (nSPS) is 13.2. The minimum absolute atomic E-state index is 0.150. The molecule has 0 radical (unpaired) electrons. The highest BCUT2D eigenvalue weighted by molar-refractivity contribution is 9.10. The van der Waals surface area contributed by atoms with Gasteiger partial charge in [0.2, 0.25) is 0 Å². The number of benzene rings is 2. The third kappa shape index (κ3) is 3.68. The lowest BCUT2D eigenvalue weighted by Crippen LogP contribution is -2.15. The molecular formula is C18H20BrClO. The Morgan fingerprint density at radius 2 is 1.76 bits per heavy atom. The van der Waals surface area contributed by atoms with Crippen molar-refractivity contribution in [2.24, 2.45) is 0 Å². The highest BCUT2D eigenvalue weighted by Gasteiger charge is 2.19. The minimum atomic E-state index is -0.714. The van der Waals surface area contributed by atoms with Crippen LogP contribution >= 0.6 is 27.5 Å². The van der Waals surface area contributed by atoms with Gasteiger partial charge in [0.05, 0.1) is 0 Å². The van der Waals surface area contributed by atoms with Gasteiger partial charge in [-0.15, -0.1) is 0 Å². The Hall–Kier alpha value is -0.830. The van der Waals surface area contributed by atoms with Gasteiger partial charge in [0.1, 0.15) is 6.10 Å². The van der Waals surface area contributed by atoms with E-state index in [1.165, 1.54) is 5.56 Å². The Labute approximate surface area is 140 Å². The molecule has 0 aliphatic rings. The number of aliphatic hydroxyl groups is 1. The third-order valence-electron chi connectivity index (χ3n) is 4.14. The van der Waals surface area contributed by atoms with Crippen molar-refractivity contribution in [1.82, 2.24) is 0 Å². The standard InChI is InChI=1S/C18H20BrClO/c1-4-18(2,3)13-7-5-12(6-8-13)17(21)15-11-14(19)9-10-16(15)20/h5-11,17,21H,4H2,1-3H3. The van der Waals surface area contributed by atoms with E-state index in [1.807, 2.05) is 24.3 Å². The SMILES string of the molecule is CCC(C)(C)c1ccc(C(O)c2cc(Br)ccc2Cl)cc1. The van der Waals surface area contributed by atoms with Crippen molar-refractivity contribution in [3.63, 3.8) is 0 Å². The quantitative estimate of drug-likeness (QED) is 0.716. The molecule has 2 rings (SSSR count). The fraction of sp³-hybridized carbons (Fsp3) is 0.333. The molecule has 0 saturated heterocycles. The maximum atomic E-state index is 10.5. The predicted molar refractivity (Wildman–Crippen MR) is 93.0 cm³/mol. The second-order valence-electron chi connectivity index (χ2n) is 5.93. The summed E-state index contributed by atoms with van der Waals surface area (Å²) in [7, 11) is 0. The van der Waals surface area contributed by atoms with E-state index in [0.29, 0.717) is 10.6 Å². The highest BCUT2D eigenvalue weighted by atomic mass is 79.9. The van der Waals surface area contributed by atoms with Gasteiger partial charge in [-0.2, -0.15) is 0 Å². The van der Waals surface area contributed by atoms with E-state index < -0.39 is 6.10 Å². The molecule has 1 atom stereocenters. The zero-order valence-corrected chi connectivity index (χ0v) is 14.9. The van der Waals surface area contributed by atoms with E-state index >= 15 is 0 Å². The number of rotatable bonds is 4. The number of hydrogen-bond donors (Lipinski definition) is 1. The zero-order valence-electron chi connectivity index (χ0n) is 12.5. The highest BCUT2D eigenvalue weighted by Crippen LogP contribution is 2.32. The lowest BCUT2D eigenvalue weighted by Gasteiger charge is -2.24. The fourth-order valence-corrected chi connectivity index (χ4v) is 2.82. The number of halogens is 2. The van der Waals surface area contributed by atoms with Crippen LogP contribution in [0.25, 0.3) is 0 Å². The van der Waals surface area contributed by atoms with Crippen LogP contribution in [0.2, 0.25) is 5.02 Å². The first kappa shape index (κ1) is 16.5. The Balaban J connectivity index is 2.32. The molecule has 0 bridgehead atoms. The van der Waals surface area contributed by atoms with Gasteiger partial charge in [0.25, 0.3) is 0 Å². The van der Waals surface area contributed by atoms with Crippen LogP contribution in [0.4, 0.5) is 0 Å². The van der Waals surface area contributed by atoms with Crippen molar-refractivity contribution in [3.05, 3.63) is 68.7 Å². The van der Waals surface area contributed by atoms with Crippen molar-refractivity contribution >= 4 is 27.5 Å². The summed E-state index contributed by atoms with van der Waals surface area (Å²) in [6, 6.07) is 13.7. The Bertz CT molecular complexity index is 620. The van der Waals surface area contributed by atoms with Crippen molar-refractivity contribution in [2.45, 2.75) is 38.7 Å². The second kappa shape index (κ2) is 6.51. The van der Waals surface area contributed by atoms with E-state index in [2.05, 4.69) is 48.8 Å². The summed E-state index contributed by atoms with van der Waals surface area (Å²) in [5, 5.41) is 11.1. The first-order chi connectivity index (χ1) is 9.85. The van der Waals surface area contributed by atoms with Crippen LogP contribution in [-0.2, 0) is 5.41 Å². The van der Waals surface area contributed by atoms with Crippen LogP contribution in [0.3, 0.4) is 0 Å². The molecule has 2 aromatic carbocycles. The van der Waals surface area contributed by atoms with Crippen molar-refractivity contribution in [1.29, 1.82) is 0 Å². The molecule has 0 saturated carbocycles. The molecule has 3 heteroatoms. The average Bonchev–Trinajstić information content (AvgIpc) is 2.49. The smallest absolute Gasteiger partial charge is 0.106 e. The largest absolute Gasteiger partial charge is 0.384 e. The fourth-order valence-electron chi connectivity index (χ4n) is 2.22. The molecule has 0 aromatic heterocycles. The van der Waals surface area contributed by atoms with E-state index in [0.717, 1.165) is 16.5 Å². The molecule has 1 N–H and O–H groups in total. The van der Waals surface area contributed by atoms with Crippen LogP contribution in [0.15, 0.2) is 46.9 Å². The molecule has 0 aliphatic heterocycles. The predicted octanol–water partition coefficient (Wildman–Crippen LogP) is 5.87. The van der Waals surface area contributed by atoms with Crippen molar-refractivity contribution in [2.75, 3.05) is 0 Å². The number of aliphatic hydroxyl groups excluding tert-OH is 1. The topological polar surface area (TPSA) is 20.2 Å². The molecule has 112 valence electrons. The molecule has 0 spiro atoms. The summed E-state index contributed by atoms with van der Waals surface area (Å²) in [4.78, 5) is 0. The van der Waals surface area contributed by atoms with E-state index in [9.17, 15) is 5.11 Å². The van der Waals surface area contributed by atoms with Gasteiger partial charge in [-0.3, -0.25) is 0 Å². The summed E-state index contributed by atoms with van der Waals surface area (Å²) in [6.45, 7) is 6.64. The third-order valence-corrected chi connectivity index (χ3v) is 4.98. The Morgan fingerprint density at radius 1 is 1.14 bits per heavy atom. The van der Waals surface area contributed by atoms with Crippen molar-refractivity contribution in [3.8, 4) is 0 Å². The molecule has 1 unspecified atom stereocenters. The zero-order chi connectivity index (χ0) is 15.6. The molecule has 21 heavy (non-hydrogen) atoms. The Kier molecular flexibility index (Phi) is 5.13. The maximum absolute atomic E-state index is 10.5. The Morgan fingerprint density at radius 3 is 2.33 bits per heavy atom. The molecule has 2 aromatic rings. The summed E-state index contributed by atoms with van der Waals surface area (Å²) in [5.74, 6) is 0. The van der Waals surface area contributed by atoms with Gasteiger partial charge in [0, 0.05) is 15.1 Å². The maximum Gasteiger partial charge on any atom is 0.106 e. The van der Waals surface area contributed by atoms with Gasteiger partial charge in [-0.25, -0.2) is 0 Å². The van der Waals surface area contributed by atoms with Gasteiger partial charge in [0.15, 0.2) is 0 Å². The van der Waals surface area contributed by atoms with Crippen LogP contribution in [0.1, 0.15) is 50.0 Å². The summed E-state index contributed by atoms with van der Waals surface area (Å²) >= 11 is 9.60. The van der Waals surface area contributed by atoms with E-state index in [-0.39, 0.29) is 5.41 Å². The average molecular weight is 368 g/mol. The van der Waals surface area contributed by atoms with Crippen LogP contribution in [0, 0.1) is 0 Å². The lowest BCUT2D eigenvalue weighted by molar-refractivity contribution is 0.220. The summed E-state index contributed by atoms with van der Waals surface area (Å²) in [5.41, 5.74) is 3.00. The van der Waals surface area contributed by atoms with Gasteiger partial charge >= 0.3 is 0 Å². The molecule has 0 fully saturated rings. The first-order valence-corrected chi connectivity index (χ1v) is 8.25. The number of hydrogen-bond acceptors (Lipinski definition) is 1. The van der Waals surface area contributed by atoms with E-state index in [4.69, 9.17) is 11.6 Å². The monoisotopic (exact) mass is 366 g/mol. The lowest BCUT2D eigenvalue weighted by atomic mass is 9.81. The second-order valence-corrected chi connectivity index (χ2v) is 7.25. The molecule has 0 aliphatic carbocycles. The first-order valence-electron chi connectivity index (χ1n) is 7.08. The minimum Gasteiger partial charge on any atom is -0.384 e. The summed E-state index contributed by atoms with van der Waals surface area (Å²) in [6.07, 6.45) is 0.362. The molecule has 0 heterocycles. The molecule has 1 nitrogen and oxygen atoms in total. The summed E-state index contributed by atoms with van der Waals surface area (Å²) < 4.78 is 0.907.